The predicted octanol–water partition coefficient (Wildman–Crippen LogP) is 0.549. The Balaban J connectivity index is 3.34. The highest BCUT2D eigenvalue weighted by atomic mass is 79.9. The van der Waals surface area contributed by atoms with Crippen molar-refractivity contribution in [2.45, 2.75) is 11.8 Å². The van der Waals surface area contributed by atoms with Gasteiger partial charge in [-0.3, -0.25) is 4.79 Å². The van der Waals surface area contributed by atoms with Gasteiger partial charge in [-0.25, -0.2) is 0 Å². The lowest BCUT2D eigenvalue weighted by atomic mass is 10.4. The van der Waals surface area contributed by atoms with Crippen molar-refractivity contribution in [3.05, 3.63) is 0 Å². The van der Waals surface area contributed by atoms with Crippen molar-refractivity contribution in [1.29, 1.82) is 0 Å². The van der Waals surface area contributed by atoms with Crippen LogP contribution in [0.5, 0.6) is 0 Å². The largest absolute Gasteiger partial charge is 0.383 e. The summed E-state index contributed by atoms with van der Waals surface area (Å²) in [5.74, 6) is -0.0950. The fourth-order valence-electron chi connectivity index (χ4n) is 0.710. The van der Waals surface area contributed by atoms with Gasteiger partial charge in [0, 0.05) is 20.3 Å². The van der Waals surface area contributed by atoms with E-state index in [0.717, 1.165) is 0 Å². The second-order valence-corrected chi connectivity index (χ2v) is 3.79. The first kappa shape index (κ1) is 12.9. The molecule has 0 aliphatic heterocycles. The SMILES string of the molecule is CCOCC(=O)NCC(Br)COC. The van der Waals surface area contributed by atoms with Crippen molar-refractivity contribution in [2.75, 3.05) is 33.5 Å². The molecule has 5 heteroatoms. The van der Waals surface area contributed by atoms with Gasteiger partial charge in [0.15, 0.2) is 0 Å². The molecular formula is C8H16BrNO3. The van der Waals surface area contributed by atoms with Crippen LogP contribution in [0.2, 0.25) is 0 Å². The van der Waals surface area contributed by atoms with Gasteiger partial charge < -0.3 is 14.8 Å². The Labute approximate surface area is 87.1 Å². The number of carbonyl (C=O) groups excluding carboxylic acids is 1. The second-order valence-electron chi connectivity index (χ2n) is 2.49. The molecule has 1 unspecified atom stereocenters. The minimum Gasteiger partial charge on any atom is -0.383 e. The third-order valence-electron chi connectivity index (χ3n) is 1.31. The molecule has 0 radical (unpaired) electrons. The van der Waals surface area contributed by atoms with E-state index in [4.69, 9.17) is 9.47 Å². The van der Waals surface area contributed by atoms with Crippen molar-refractivity contribution in [3.63, 3.8) is 0 Å². The molecule has 0 bridgehead atoms. The first-order valence-corrected chi connectivity index (χ1v) is 5.09. The number of ether oxygens (including phenoxy) is 2. The molecule has 4 nitrogen and oxygen atoms in total. The summed E-state index contributed by atoms with van der Waals surface area (Å²) in [7, 11) is 1.62. The van der Waals surface area contributed by atoms with Crippen LogP contribution in [0.25, 0.3) is 0 Å². The van der Waals surface area contributed by atoms with E-state index in [9.17, 15) is 4.79 Å². The van der Waals surface area contributed by atoms with E-state index in [0.29, 0.717) is 19.8 Å². The molecule has 0 aromatic rings. The Morgan fingerprint density at radius 3 is 2.85 bits per heavy atom. The van der Waals surface area contributed by atoms with E-state index in [2.05, 4.69) is 21.2 Å². The molecule has 0 aromatic carbocycles. The standard InChI is InChI=1S/C8H16BrNO3/c1-3-13-6-8(11)10-4-7(9)5-12-2/h7H,3-6H2,1-2H3,(H,10,11). The Bertz CT molecular complexity index is 143. The predicted molar refractivity (Wildman–Crippen MR) is 54.1 cm³/mol. The molecule has 0 aliphatic rings. The number of halogens is 1. The summed E-state index contributed by atoms with van der Waals surface area (Å²) in [4.78, 5) is 11.2. The van der Waals surface area contributed by atoms with E-state index < -0.39 is 0 Å². The van der Waals surface area contributed by atoms with E-state index in [1.807, 2.05) is 6.92 Å². The lowest BCUT2D eigenvalue weighted by Crippen LogP contribution is -2.33. The highest BCUT2D eigenvalue weighted by Crippen LogP contribution is 1.96. The molecule has 13 heavy (non-hydrogen) atoms. The average Bonchev–Trinajstić information content (AvgIpc) is 2.12. The minimum atomic E-state index is -0.0950. The topological polar surface area (TPSA) is 47.6 Å². The lowest BCUT2D eigenvalue weighted by molar-refractivity contribution is -0.125. The number of alkyl halides is 1. The number of nitrogens with one attached hydrogen (secondary N) is 1. The van der Waals surface area contributed by atoms with Crippen LogP contribution in [0.15, 0.2) is 0 Å². The number of hydrogen-bond acceptors (Lipinski definition) is 3. The molecule has 1 atom stereocenters. The normalized spacial score (nSPS) is 12.5. The van der Waals surface area contributed by atoms with Crippen LogP contribution in [0.1, 0.15) is 6.92 Å². The molecule has 0 heterocycles. The van der Waals surface area contributed by atoms with Gasteiger partial charge in [0.2, 0.25) is 5.91 Å². The summed E-state index contributed by atoms with van der Waals surface area (Å²) in [5, 5.41) is 2.71. The van der Waals surface area contributed by atoms with Gasteiger partial charge in [0.05, 0.1) is 11.4 Å². The molecule has 1 N–H and O–H groups in total. The van der Waals surface area contributed by atoms with E-state index >= 15 is 0 Å². The average molecular weight is 254 g/mol. The van der Waals surface area contributed by atoms with Gasteiger partial charge in [-0.05, 0) is 6.92 Å². The number of carbonyl (C=O) groups is 1. The summed E-state index contributed by atoms with van der Waals surface area (Å²) in [6.07, 6.45) is 0. The van der Waals surface area contributed by atoms with Crippen LogP contribution < -0.4 is 5.32 Å². The van der Waals surface area contributed by atoms with Crippen LogP contribution in [0, 0.1) is 0 Å². The maximum Gasteiger partial charge on any atom is 0.246 e. The maximum absolute atomic E-state index is 11.0. The van der Waals surface area contributed by atoms with E-state index in [-0.39, 0.29) is 17.3 Å². The maximum atomic E-state index is 11.0. The molecule has 0 spiro atoms. The molecule has 0 aliphatic carbocycles. The highest BCUT2D eigenvalue weighted by molar-refractivity contribution is 9.09. The fourth-order valence-corrected chi connectivity index (χ4v) is 1.14. The van der Waals surface area contributed by atoms with Crippen molar-refractivity contribution in [2.24, 2.45) is 0 Å². The first-order chi connectivity index (χ1) is 6.20. The lowest BCUT2D eigenvalue weighted by Gasteiger charge is -2.09. The van der Waals surface area contributed by atoms with Crippen LogP contribution in [0.3, 0.4) is 0 Å². The van der Waals surface area contributed by atoms with Crippen LogP contribution in [-0.2, 0) is 14.3 Å². The minimum absolute atomic E-state index is 0.0950. The summed E-state index contributed by atoms with van der Waals surface area (Å²) < 4.78 is 9.82. The highest BCUT2D eigenvalue weighted by Gasteiger charge is 2.05. The van der Waals surface area contributed by atoms with Gasteiger partial charge in [0.1, 0.15) is 6.61 Å². The number of methoxy groups -OCH3 is 1. The third-order valence-corrected chi connectivity index (χ3v) is 1.89. The number of rotatable bonds is 7. The van der Waals surface area contributed by atoms with Crippen molar-refractivity contribution in [1.82, 2.24) is 5.32 Å². The molecule has 0 saturated heterocycles. The third kappa shape index (κ3) is 8.21. The molecule has 78 valence electrons. The molecule has 0 aromatic heterocycles. The van der Waals surface area contributed by atoms with Crippen molar-refractivity contribution >= 4 is 21.8 Å². The van der Waals surface area contributed by atoms with Crippen molar-refractivity contribution < 1.29 is 14.3 Å². The zero-order valence-electron chi connectivity index (χ0n) is 8.01. The second kappa shape index (κ2) is 8.47. The van der Waals surface area contributed by atoms with Crippen LogP contribution in [-0.4, -0.2) is 44.2 Å². The summed E-state index contributed by atoms with van der Waals surface area (Å²) in [6.45, 7) is 3.67. The fraction of sp³-hybridized carbons (Fsp3) is 0.875. The number of amides is 1. The number of hydrogen-bond donors (Lipinski definition) is 1. The van der Waals surface area contributed by atoms with Crippen LogP contribution >= 0.6 is 15.9 Å². The zero-order chi connectivity index (χ0) is 10.1. The smallest absolute Gasteiger partial charge is 0.246 e. The first-order valence-electron chi connectivity index (χ1n) is 4.18. The monoisotopic (exact) mass is 253 g/mol. The van der Waals surface area contributed by atoms with Gasteiger partial charge in [-0.1, -0.05) is 15.9 Å². The van der Waals surface area contributed by atoms with Gasteiger partial charge in [-0.2, -0.15) is 0 Å². The summed E-state index contributed by atoms with van der Waals surface area (Å²) in [6, 6.07) is 0. The molecule has 0 rings (SSSR count). The molecular weight excluding hydrogens is 238 g/mol. The van der Waals surface area contributed by atoms with E-state index in [1.54, 1.807) is 7.11 Å². The van der Waals surface area contributed by atoms with Gasteiger partial charge in [0.25, 0.3) is 0 Å². The summed E-state index contributed by atoms with van der Waals surface area (Å²) in [5.41, 5.74) is 0. The Hall–Kier alpha value is -0.130. The zero-order valence-corrected chi connectivity index (χ0v) is 9.59. The quantitative estimate of drug-likeness (QED) is 0.675. The van der Waals surface area contributed by atoms with Crippen molar-refractivity contribution in [3.8, 4) is 0 Å². The van der Waals surface area contributed by atoms with E-state index in [1.165, 1.54) is 0 Å². The Morgan fingerprint density at radius 1 is 1.62 bits per heavy atom. The summed E-state index contributed by atoms with van der Waals surface area (Å²) >= 11 is 3.35. The van der Waals surface area contributed by atoms with Gasteiger partial charge in [-0.15, -0.1) is 0 Å². The molecule has 0 fully saturated rings. The Kier molecular flexibility index (Phi) is 8.38. The van der Waals surface area contributed by atoms with Crippen LogP contribution in [0.4, 0.5) is 0 Å². The molecule has 1 amide bonds. The van der Waals surface area contributed by atoms with Gasteiger partial charge >= 0.3 is 0 Å². The molecule has 0 saturated carbocycles. The Morgan fingerprint density at radius 2 is 2.31 bits per heavy atom.